The summed E-state index contributed by atoms with van der Waals surface area (Å²) < 4.78 is 39.2. The molecule has 3 atom stereocenters. The Morgan fingerprint density at radius 2 is 1.86 bits per heavy atom. The van der Waals surface area contributed by atoms with Crippen molar-refractivity contribution in [1.29, 1.82) is 0 Å². The van der Waals surface area contributed by atoms with Crippen LogP contribution in [0.1, 0.15) is 24.0 Å². The van der Waals surface area contributed by atoms with Crippen molar-refractivity contribution < 1.29 is 42.5 Å². The Bertz CT molecular complexity index is 1260. The van der Waals surface area contributed by atoms with E-state index >= 15 is 0 Å². The van der Waals surface area contributed by atoms with Crippen LogP contribution in [0.4, 0.5) is 5.82 Å². The number of aryl methyl sites for hydroxylation is 2. The molecular weight excluding hydrogens is 504 g/mol. The lowest BCUT2D eigenvalue weighted by molar-refractivity contribution is -0.0417. The van der Waals surface area contributed by atoms with Crippen LogP contribution >= 0.6 is 15.6 Å². The molecule has 3 aromatic rings. The monoisotopic (exact) mass is 529 g/mol. The number of ether oxygens (including phenoxy) is 1. The van der Waals surface area contributed by atoms with Gasteiger partial charge in [0.2, 0.25) is 0 Å². The number of phosphoric acid groups is 2. The van der Waals surface area contributed by atoms with E-state index in [1.165, 1.54) is 6.33 Å². The van der Waals surface area contributed by atoms with Gasteiger partial charge in [0.05, 0.1) is 12.9 Å². The zero-order chi connectivity index (χ0) is 25.2. The van der Waals surface area contributed by atoms with E-state index in [0.717, 1.165) is 5.56 Å². The van der Waals surface area contributed by atoms with E-state index in [4.69, 9.17) is 19.0 Å². The van der Waals surface area contributed by atoms with E-state index in [-0.39, 0.29) is 6.42 Å². The van der Waals surface area contributed by atoms with Gasteiger partial charge in [0.25, 0.3) is 0 Å². The fourth-order valence-electron chi connectivity index (χ4n) is 3.84. The van der Waals surface area contributed by atoms with Crippen molar-refractivity contribution in [2.45, 2.75) is 37.7 Å². The van der Waals surface area contributed by atoms with Crippen molar-refractivity contribution in [2.75, 3.05) is 19.0 Å². The third-order valence-corrected chi connectivity index (χ3v) is 6.39. The molecule has 16 heteroatoms. The molecule has 3 heterocycles. The standard InChI is InChI=1S/C19H25N5O9P2/c1-20-18-17-19(23-15(22-18)8-7-12-5-3-2-4-6-12)24(11-21-17)16-9-13(33-35(28,29)30)14(32-16)10-31-34(25,26)27/h2-6,11,13-14,16H,7-10H2,1H3,(H,20,22,23)(H2,25,26,27)(H2,28,29,30)/t13-,14+,16+/m0/s1. The molecule has 2 aromatic heterocycles. The van der Waals surface area contributed by atoms with Crippen LogP contribution in [-0.2, 0) is 35.8 Å². The first-order valence-corrected chi connectivity index (χ1v) is 13.6. The van der Waals surface area contributed by atoms with Crippen LogP contribution in [0.25, 0.3) is 11.2 Å². The summed E-state index contributed by atoms with van der Waals surface area (Å²) in [5.74, 6) is 1.05. The van der Waals surface area contributed by atoms with Gasteiger partial charge in [0.15, 0.2) is 17.0 Å². The van der Waals surface area contributed by atoms with Gasteiger partial charge in [0, 0.05) is 19.9 Å². The van der Waals surface area contributed by atoms with Gasteiger partial charge < -0.3 is 29.6 Å². The van der Waals surface area contributed by atoms with E-state index < -0.39 is 40.7 Å². The van der Waals surface area contributed by atoms with Gasteiger partial charge in [-0.25, -0.2) is 24.1 Å². The summed E-state index contributed by atoms with van der Waals surface area (Å²) in [5, 5.41) is 3.00. The molecule has 0 unspecified atom stereocenters. The topological polar surface area (TPSA) is 198 Å². The number of anilines is 1. The Morgan fingerprint density at radius 3 is 2.51 bits per heavy atom. The van der Waals surface area contributed by atoms with Gasteiger partial charge in [-0.15, -0.1) is 0 Å². The Labute approximate surface area is 199 Å². The van der Waals surface area contributed by atoms with E-state index in [0.29, 0.717) is 35.6 Å². The van der Waals surface area contributed by atoms with Gasteiger partial charge in [-0.05, 0) is 12.0 Å². The number of nitrogens with one attached hydrogen (secondary N) is 1. The van der Waals surface area contributed by atoms with Crippen LogP contribution in [0, 0.1) is 0 Å². The maximum Gasteiger partial charge on any atom is 0.469 e. The second-order valence-electron chi connectivity index (χ2n) is 7.83. The van der Waals surface area contributed by atoms with Crippen LogP contribution in [0.15, 0.2) is 36.7 Å². The first-order valence-electron chi connectivity index (χ1n) is 10.6. The average molecular weight is 529 g/mol. The molecule has 0 saturated carbocycles. The number of fused-ring (bicyclic) bond motifs is 1. The highest BCUT2D eigenvalue weighted by Gasteiger charge is 2.42. The number of benzene rings is 1. The summed E-state index contributed by atoms with van der Waals surface area (Å²) >= 11 is 0. The minimum atomic E-state index is -4.92. The molecule has 1 aliphatic heterocycles. The quantitative estimate of drug-likeness (QED) is 0.237. The van der Waals surface area contributed by atoms with Crippen LogP contribution in [0.3, 0.4) is 0 Å². The molecule has 4 rings (SSSR count). The molecule has 35 heavy (non-hydrogen) atoms. The highest BCUT2D eigenvalue weighted by atomic mass is 31.2. The maximum atomic E-state index is 11.4. The van der Waals surface area contributed by atoms with Gasteiger partial charge in [-0.2, -0.15) is 0 Å². The van der Waals surface area contributed by atoms with E-state index in [1.54, 1.807) is 11.6 Å². The summed E-state index contributed by atoms with van der Waals surface area (Å²) in [6.07, 6.45) is -0.550. The lowest BCUT2D eigenvalue weighted by Crippen LogP contribution is -2.28. The van der Waals surface area contributed by atoms with Crippen LogP contribution < -0.4 is 5.32 Å². The third-order valence-electron chi connectivity index (χ3n) is 5.36. The number of rotatable bonds is 10. The Hall–Kier alpha value is -2.25. The first-order chi connectivity index (χ1) is 16.5. The number of hydrogen-bond acceptors (Lipinski definition) is 9. The van der Waals surface area contributed by atoms with E-state index in [1.807, 2.05) is 30.3 Å². The molecule has 1 aromatic carbocycles. The number of phosphoric ester groups is 2. The molecule has 1 aliphatic rings. The van der Waals surface area contributed by atoms with Crippen LogP contribution in [0.5, 0.6) is 0 Å². The second kappa shape index (κ2) is 10.4. The van der Waals surface area contributed by atoms with Crippen LogP contribution in [-0.4, -0.2) is 65.0 Å². The molecule has 0 amide bonds. The summed E-state index contributed by atoms with van der Waals surface area (Å²) in [4.78, 5) is 50.1. The van der Waals surface area contributed by atoms with Gasteiger partial charge in [0.1, 0.15) is 24.3 Å². The van der Waals surface area contributed by atoms with E-state index in [9.17, 15) is 18.9 Å². The van der Waals surface area contributed by atoms with Crippen molar-refractivity contribution in [3.05, 3.63) is 48.0 Å². The van der Waals surface area contributed by atoms with Crippen molar-refractivity contribution in [3.8, 4) is 0 Å². The van der Waals surface area contributed by atoms with Gasteiger partial charge in [-0.3, -0.25) is 13.6 Å². The van der Waals surface area contributed by atoms with Crippen LogP contribution in [0.2, 0.25) is 0 Å². The maximum absolute atomic E-state index is 11.4. The summed E-state index contributed by atoms with van der Waals surface area (Å²) in [7, 11) is -8.06. The minimum absolute atomic E-state index is 0.0516. The van der Waals surface area contributed by atoms with Crippen molar-refractivity contribution >= 4 is 32.6 Å². The highest BCUT2D eigenvalue weighted by molar-refractivity contribution is 7.46. The molecule has 0 radical (unpaired) electrons. The predicted octanol–water partition coefficient (Wildman–Crippen LogP) is 1.53. The predicted molar refractivity (Wildman–Crippen MR) is 122 cm³/mol. The molecule has 1 fully saturated rings. The molecule has 1 saturated heterocycles. The fourth-order valence-corrected chi connectivity index (χ4v) is 4.75. The molecule has 0 bridgehead atoms. The Kier molecular flexibility index (Phi) is 7.67. The highest BCUT2D eigenvalue weighted by Crippen LogP contribution is 2.45. The van der Waals surface area contributed by atoms with E-state index in [2.05, 4.69) is 24.8 Å². The molecule has 14 nitrogen and oxygen atoms in total. The number of aromatic nitrogens is 4. The smallest absolute Gasteiger partial charge is 0.371 e. The van der Waals surface area contributed by atoms with Crippen molar-refractivity contribution in [3.63, 3.8) is 0 Å². The fraction of sp³-hybridized carbons (Fsp3) is 0.421. The van der Waals surface area contributed by atoms with Gasteiger partial charge >= 0.3 is 15.6 Å². The zero-order valence-electron chi connectivity index (χ0n) is 18.5. The Morgan fingerprint density at radius 1 is 1.11 bits per heavy atom. The third kappa shape index (κ3) is 6.70. The second-order valence-corrected chi connectivity index (χ2v) is 10.3. The first kappa shape index (κ1) is 25.8. The normalized spacial score (nSPS) is 21.0. The average Bonchev–Trinajstić information content (AvgIpc) is 3.38. The van der Waals surface area contributed by atoms with Gasteiger partial charge in [-0.1, -0.05) is 30.3 Å². The molecule has 190 valence electrons. The SMILES string of the molecule is CNc1nc(CCc2ccccc2)nc2c1ncn2[C@H]1C[C@H](OP(=O)(O)O)[C@@H](COP(=O)(O)O)O1. The number of hydrogen-bond donors (Lipinski definition) is 5. The minimum Gasteiger partial charge on any atom is -0.371 e. The van der Waals surface area contributed by atoms with Crippen molar-refractivity contribution in [2.24, 2.45) is 0 Å². The molecular formula is C19H25N5O9P2. The molecule has 0 spiro atoms. The number of imidazole rings is 1. The Balaban J connectivity index is 1.61. The summed E-state index contributed by atoms with van der Waals surface area (Å²) in [6, 6.07) is 9.86. The lowest BCUT2D eigenvalue weighted by Gasteiger charge is -2.19. The number of nitrogens with zero attached hydrogens (tertiary/aromatic N) is 4. The summed E-state index contributed by atoms with van der Waals surface area (Å²) in [6.45, 7) is -0.642. The largest absolute Gasteiger partial charge is 0.469 e. The lowest BCUT2D eigenvalue weighted by atomic mass is 10.1. The zero-order valence-corrected chi connectivity index (χ0v) is 20.3. The van der Waals surface area contributed by atoms with Crippen molar-refractivity contribution in [1.82, 2.24) is 19.5 Å². The molecule has 5 N–H and O–H groups in total. The molecule has 0 aliphatic carbocycles. The summed E-state index contributed by atoms with van der Waals surface area (Å²) in [5.41, 5.74) is 2.01.